The maximum absolute atomic E-state index is 2.47. The Labute approximate surface area is 177 Å². The third-order valence-corrected chi connectivity index (χ3v) is 5.90. The Morgan fingerprint density at radius 2 is 1.20 bits per heavy atom. The minimum atomic E-state index is 0.952. The first-order valence-corrected chi connectivity index (χ1v) is 10.9. The van der Waals surface area contributed by atoms with E-state index >= 15 is 0 Å². The van der Waals surface area contributed by atoms with E-state index in [4.69, 9.17) is 0 Å². The summed E-state index contributed by atoms with van der Waals surface area (Å²) in [5, 5.41) is 5.32. The van der Waals surface area contributed by atoms with E-state index in [1.165, 1.54) is 49.3 Å². The van der Waals surface area contributed by atoms with Gasteiger partial charge in [0.2, 0.25) is 0 Å². The fourth-order valence-electron chi connectivity index (χ4n) is 4.78. The number of hydrogen-bond acceptors (Lipinski definition) is 0. The number of aryl methyl sites for hydroxylation is 1. The Hall–Kier alpha value is -3.52. The molecule has 148 valence electrons. The number of hydrogen-bond donors (Lipinski definition) is 0. The minimum Gasteiger partial charge on any atom is -0.340 e. The standard InChI is InChI=1S/C26H20N2.C2H6/c1-2-27-22-14-8-6-12-19(22)20-16-17-24-25(26(20)27)21-13-7-9-15-23(21)28(24)18-10-4-3-5-11-18;1-2/h3-17H,2H2,1H3;1-2H3. The van der Waals surface area contributed by atoms with Gasteiger partial charge in [0.25, 0.3) is 0 Å². The highest BCUT2D eigenvalue weighted by molar-refractivity contribution is 6.25. The fraction of sp³-hybridized carbons (Fsp3) is 0.143. The number of nitrogens with zero attached hydrogens (tertiary/aromatic N) is 2. The summed E-state index contributed by atoms with van der Waals surface area (Å²) in [5.74, 6) is 0. The highest BCUT2D eigenvalue weighted by Crippen LogP contribution is 2.40. The van der Waals surface area contributed by atoms with Crippen molar-refractivity contribution in [1.82, 2.24) is 9.13 Å². The molecule has 0 fully saturated rings. The molecule has 2 heterocycles. The molecule has 2 nitrogen and oxygen atoms in total. The van der Waals surface area contributed by atoms with Crippen LogP contribution in [0, 0.1) is 0 Å². The Bertz CT molecular complexity index is 1480. The van der Waals surface area contributed by atoms with Crippen LogP contribution in [0.3, 0.4) is 0 Å². The molecule has 0 aliphatic heterocycles. The van der Waals surface area contributed by atoms with Crippen LogP contribution in [0.5, 0.6) is 0 Å². The van der Waals surface area contributed by atoms with Crippen molar-refractivity contribution in [2.45, 2.75) is 27.3 Å². The lowest BCUT2D eigenvalue weighted by molar-refractivity contribution is 0.829. The molecule has 2 heteroatoms. The summed E-state index contributed by atoms with van der Waals surface area (Å²) in [7, 11) is 0. The largest absolute Gasteiger partial charge is 0.340 e. The number of aromatic nitrogens is 2. The van der Waals surface area contributed by atoms with E-state index < -0.39 is 0 Å². The average Bonchev–Trinajstić information content (AvgIpc) is 3.33. The van der Waals surface area contributed by atoms with Crippen molar-refractivity contribution in [3.63, 3.8) is 0 Å². The zero-order chi connectivity index (χ0) is 20.7. The van der Waals surface area contributed by atoms with E-state index in [9.17, 15) is 0 Å². The van der Waals surface area contributed by atoms with Crippen LogP contribution in [-0.2, 0) is 6.54 Å². The number of benzene rings is 4. The summed E-state index contributed by atoms with van der Waals surface area (Å²) in [6.45, 7) is 7.19. The Balaban J connectivity index is 0.000000937. The van der Waals surface area contributed by atoms with Crippen molar-refractivity contribution in [2.24, 2.45) is 0 Å². The SMILES string of the molecule is CC.CCn1c2ccccc2c2ccc3c(c4ccccc4n3-c3ccccc3)c21. The molecule has 2 aromatic heterocycles. The van der Waals surface area contributed by atoms with E-state index in [0.717, 1.165) is 6.54 Å². The predicted molar refractivity (Wildman–Crippen MR) is 131 cm³/mol. The van der Waals surface area contributed by atoms with Crippen LogP contribution in [0.2, 0.25) is 0 Å². The van der Waals surface area contributed by atoms with Crippen LogP contribution >= 0.6 is 0 Å². The summed E-state index contributed by atoms with van der Waals surface area (Å²) in [4.78, 5) is 0. The topological polar surface area (TPSA) is 9.86 Å². The van der Waals surface area contributed by atoms with Crippen LogP contribution in [0.4, 0.5) is 0 Å². The van der Waals surface area contributed by atoms with Crippen molar-refractivity contribution in [3.8, 4) is 5.69 Å². The van der Waals surface area contributed by atoms with Gasteiger partial charge in [-0.25, -0.2) is 0 Å². The van der Waals surface area contributed by atoms with Crippen molar-refractivity contribution >= 4 is 43.6 Å². The molecule has 0 N–H and O–H groups in total. The van der Waals surface area contributed by atoms with Crippen molar-refractivity contribution in [2.75, 3.05) is 0 Å². The molecule has 30 heavy (non-hydrogen) atoms. The van der Waals surface area contributed by atoms with Gasteiger partial charge < -0.3 is 9.13 Å². The second-order valence-corrected chi connectivity index (χ2v) is 7.31. The van der Waals surface area contributed by atoms with Crippen molar-refractivity contribution in [3.05, 3.63) is 91.0 Å². The summed E-state index contributed by atoms with van der Waals surface area (Å²) in [6.07, 6.45) is 0. The van der Waals surface area contributed by atoms with Gasteiger partial charge in [0.05, 0.1) is 16.6 Å². The number of rotatable bonds is 2. The summed E-state index contributed by atoms with van der Waals surface area (Å²) in [6, 6.07) is 32.8. The van der Waals surface area contributed by atoms with Gasteiger partial charge in [0, 0.05) is 39.3 Å². The molecule has 4 aromatic carbocycles. The summed E-state index contributed by atoms with van der Waals surface area (Å²) in [5.41, 5.74) is 6.37. The third-order valence-electron chi connectivity index (χ3n) is 5.90. The summed E-state index contributed by atoms with van der Waals surface area (Å²) >= 11 is 0. The molecule has 6 aromatic rings. The molecule has 0 aliphatic carbocycles. The van der Waals surface area contributed by atoms with Gasteiger partial charge in [-0.15, -0.1) is 0 Å². The lowest BCUT2D eigenvalue weighted by Crippen LogP contribution is -1.94. The molecule has 0 spiro atoms. The Morgan fingerprint density at radius 1 is 0.567 bits per heavy atom. The van der Waals surface area contributed by atoms with E-state index in [-0.39, 0.29) is 0 Å². The van der Waals surface area contributed by atoms with E-state index in [2.05, 4.69) is 107 Å². The molecule has 6 rings (SSSR count). The van der Waals surface area contributed by atoms with Crippen molar-refractivity contribution < 1.29 is 0 Å². The maximum Gasteiger partial charge on any atom is 0.0593 e. The van der Waals surface area contributed by atoms with Crippen LogP contribution in [0.15, 0.2) is 91.0 Å². The molecule has 0 bridgehead atoms. The lowest BCUT2D eigenvalue weighted by Gasteiger charge is -2.08. The highest BCUT2D eigenvalue weighted by atomic mass is 15.0. The van der Waals surface area contributed by atoms with Gasteiger partial charge in [-0.2, -0.15) is 0 Å². The van der Waals surface area contributed by atoms with E-state index in [1.54, 1.807) is 0 Å². The lowest BCUT2D eigenvalue weighted by atomic mass is 10.1. The van der Waals surface area contributed by atoms with Gasteiger partial charge >= 0.3 is 0 Å². The number of para-hydroxylation sites is 3. The third kappa shape index (κ3) is 2.50. The smallest absolute Gasteiger partial charge is 0.0593 e. The normalized spacial score (nSPS) is 11.3. The first kappa shape index (κ1) is 18.5. The molecule has 0 aliphatic rings. The van der Waals surface area contributed by atoms with Gasteiger partial charge in [-0.3, -0.25) is 0 Å². The van der Waals surface area contributed by atoms with Gasteiger partial charge in [0.15, 0.2) is 0 Å². The zero-order valence-electron chi connectivity index (χ0n) is 17.8. The molecule has 0 radical (unpaired) electrons. The van der Waals surface area contributed by atoms with Crippen LogP contribution in [0.1, 0.15) is 20.8 Å². The Kier molecular flexibility index (Phi) is 4.55. The highest BCUT2D eigenvalue weighted by Gasteiger charge is 2.18. The predicted octanol–water partition coefficient (Wildman–Crippen LogP) is 7.94. The van der Waals surface area contributed by atoms with Gasteiger partial charge in [-0.05, 0) is 37.3 Å². The zero-order valence-corrected chi connectivity index (χ0v) is 17.8. The molecule has 0 unspecified atom stereocenters. The monoisotopic (exact) mass is 390 g/mol. The van der Waals surface area contributed by atoms with Crippen molar-refractivity contribution in [1.29, 1.82) is 0 Å². The quantitative estimate of drug-likeness (QED) is 0.284. The molecule has 0 atom stereocenters. The summed E-state index contributed by atoms with van der Waals surface area (Å²) < 4.78 is 4.86. The number of fused-ring (bicyclic) bond motifs is 7. The molecule has 0 amide bonds. The molecular weight excluding hydrogens is 364 g/mol. The Morgan fingerprint density at radius 3 is 1.93 bits per heavy atom. The fourth-order valence-corrected chi connectivity index (χ4v) is 4.78. The van der Waals surface area contributed by atoms with E-state index in [1.807, 2.05) is 13.8 Å². The second kappa shape index (κ2) is 7.38. The maximum atomic E-state index is 2.47. The molecule has 0 saturated carbocycles. The van der Waals surface area contributed by atoms with Crippen LogP contribution in [0.25, 0.3) is 49.3 Å². The second-order valence-electron chi connectivity index (χ2n) is 7.31. The minimum absolute atomic E-state index is 0.952. The molecular formula is C28H26N2. The van der Waals surface area contributed by atoms with Crippen LogP contribution < -0.4 is 0 Å². The molecule has 0 saturated heterocycles. The van der Waals surface area contributed by atoms with Gasteiger partial charge in [-0.1, -0.05) is 74.5 Å². The average molecular weight is 391 g/mol. The van der Waals surface area contributed by atoms with Gasteiger partial charge in [0.1, 0.15) is 0 Å². The first-order chi connectivity index (χ1) is 14.9. The van der Waals surface area contributed by atoms with E-state index in [0.29, 0.717) is 0 Å². The van der Waals surface area contributed by atoms with Crippen LogP contribution in [-0.4, -0.2) is 9.13 Å². The first-order valence-electron chi connectivity index (χ1n) is 10.9.